The van der Waals surface area contributed by atoms with Gasteiger partial charge >= 0.3 is 6.18 Å². The lowest BCUT2D eigenvalue weighted by Gasteiger charge is -2.04. The van der Waals surface area contributed by atoms with Crippen LogP contribution in [0.25, 0.3) is 0 Å². The number of benzene rings is 1. The van der Waals surface area contributed by atoms with Gasteiger partial charge in [0.1, 0.15) is 0 Å². The monoisotopic (exact) mass is 199 g/mol. The van der Waals surface area contributed by atoms with E-state index in [-0.39, 0.29) is 11.8 Å². The molecule has 1 saturated carbocycles. The largest absolute Gasteiger partial charge is 0.389 e. The van der Waals surface area contributed by atoms with Crippen LogP contribution in [0.3, 0.4) is 0 Å². The summed E-state index contributed by atoms with van der Waals surface area (Å²) in [6.07, 6.45) is -3.99. The average Bonchev–Trinajstić information content (AvgIpc) is 2.82. The maximum Gasteiger partial charge on any atom is 0.389 e. The fourth-order valence-electron chi connectivity index (χ4n) is 1.83. The smallest absolute Gasteiger partial charge is 0.171 e. The van der Waals surface area contributed by atoms with E-state index in [9.17, 15) is 13.2 Å². The van der Waals surface area contributed by atoms with Gasteiger partial charge in [-0.2, -0.15) is 13.2 Å². The molecule has 0 aliphatic heterocycles. The summed E-state index contributed by atoms with van der Waals surface area (Å²) in [5.74, 6) is -0.0800. The van der Waals surface area contributed by atoms with E-state index in [4.69, 9.17) is 0 Å². The second-order valence-electron chi connectivity index (χ2n) is 3.75. The molecule has 14 heavy (non-hydrogen) atoms. The molecule has 0 saturated heterocycles. The first-order valence-corrected chi connectivity index (χ1v) is 4.59. The number of rotatable bonds is 2. The van der Waals surface area contributed by atoms with Crippen molar-refractivity contribution < 1.29 is 13.2 Å². The molecule has 0 N–H and O–H groups in total. The molecule has 0 aromatic heterocycles. The van der Waals surface area contributed by atoms with E-state index in [1.165, 1.54) is 0 Å². The molecule has 0 nitrogen and oxygen atoms in total. The summed E-state index contributed by atoms with van der Waals surface area (Å²) >= 11 is 0. The van der Waals surface area contributed by atoms with Crippen molar-refractivity contribution >= 4 is 0 Å². The summed E-state index contributed by atoms with van der Waals surface area (Å²) in [5.41, 5.74) is 1.01. The van der Waals surface area contributed by atoms with Crippen LogP contribution in [0.2, 0.25) is 0 Å². The Morgan fingerprint density at radius 2 is 1.93 bits per heavy atom. The minimum atomic E-state index is -4.01. The summed E-state index contributed by atoms with van der Waals surface area (Å²) in [7, 11) is 0. The quantitative estimate of drug-likeness (QED) is 0.683. The van der Waals surface area contributed by atoms with Gasteiger partial charge in [0.25, 0.3) is 0 Å². The van der Waals surface area contributed by atoms with Crippen molar-refractivity contribution in [2.45, 2.75) is 24.9 Å². The highest BCUT2D eigenvalue weighted by molar-refractivity contribution is 5.25. The number of hydrogen-bond acceptors (Lipinski definition) is 0. The van der Waals surface area contributed by atoms with E-state index in [0.717, 1.165) is 5.56 Å². The van der Waals surface area contributed by atoms with Crippen molar-refractivity contribution in [3.05, 3.63) is 35.9 Å². The van der Waals surface area contributed by atoms with Gasteiger partial charge in [0, 0.05) is 6.42 Å². The zero-order valence-electron chi connectivity index (χ0n) is 7.51. The topological polar surface area (TPSA) is 0 Å². The zero-order valence-corrected chi connectivity index (χ0v) is 7.51. The second kappa shape index (κ2) is 3.30. The van der Waals surface area contributed by atoms with Crippen molar-refractivity contribution in [3.63, 3.8) is 0 Å². The number of hydrogen-bond donors (Lipinski definition) is 0. The highest BCUT2D eigenvalue weighted by Crippen LogP contribution is 2.52. The normalized spacial score (nSPS) is 26.2. The summed E-state index contributed by atoms with van der Waals surface area (Å²) in [4.78, 5) is 0. The summed E-state index contributed by atoms with van der Waals surface area (Å²) in [6, 6.07) is 10.0. The highest BCUT2D eigenvalue weighted by atomic mass is 19.4. The molecule has 2 unspecified atom stereocenters. The minimum absolute atomic E-state index is 0.117. The third kappa shape index (κ3) is 2.28. The lowest BCUT2D eigenvalue weighted by Crippen LogP contribution is -2.08. The van der Waals surface area contributed by atoms with Crippen molar-refractivity contribution in [1.82, 2.24) is 0 Å². The van der Waals surface area contributed by atoms with Gasteiger partial charge in [0.15, 0.2) is 0 Å². The van der Waals surface area contributed by atoms with Crippen LogP contribution in [0.4, 0.5) is 13.2 Å². The van der Waals surface area contributed by atoms with E-state index in [2.05, 4.69) is 6.07 Å². The molecule has 1 aliphatic carbocycles. The Labute approximate surface area is 80.7 Å². The molecule has 1 fully saturated rings. The Morgan fingerprint density at radius 3 is 2.50 bits per heavy atom. The Morgan fingerprint density at radius 1 is 1.29 bits per heavy atom. The van der Waals surface area contributed by atoms with Crippen LogP contribution < -0.4 is 0 Å². The fourth-order valence-corrected chi connectivity index (χ4v) is 1.83. The van der Waals surface area contributed by atoms with Crippen LogP contribution in [-0.2, 0) is 0 Å². The first kappa shape index (κ1) is 9.56. The van der Waals surface area contributed by atoms with Gasteiger partial charge in [-0.3, -0.25) is 0 Å². The highest BCUT2D eigenvalue weighted by Gasteiger charge is 2.45. The van der Waals surface area contributed by atoms with Crippen molar-refractivity contribution in [3.8, 4) is 0 Å². The van der Waals surface area contributed by atoms with Crippen molar-refractivity contribution in [2.24, 2.45) is 5.92 Å². The molecule has 0 bridgehead atoms. The number of alkyl halides is 3. The molecule has 3 heteroatoms. The first-order chi connectivity index (χ1) is 6.56. The predicted octanol–water partition coefficient (Wildman–Crippen LogP) is 3.54. The Bertz CT molecular complexity index is 302. The maximum atomic E-state index is 12.0. The van der Waals surface area contributed by atoms with Crippen LogP contribution in [0, 0.1) is 12.0 Å². The summed E-state index contributed by atoms with van der Waals surface area (Å²) in [6.45, 7) is 0. The Hall–Kier alpha value is -0.990. The third-order valence-corrected chi connectivity index (χ3v) is 2.59. The standard InChI is InChI=1S/C11H10F3/c12-11(13,14)7-9-6-10(9)8-4-2-1-3-5-8/h2-5,9-10H,6-7H2. The Balaban J connectivity index is 1.94. The van der Waals surface area contributed by atoms with Gasteiger partial charge in [-0.1, -0.05) is 24.3 Å². The molecule has 0 spiro atoms. The van der Waals surface area contributed by atoms with Crippen LogP contribution in [-0.4, -0.2) is 6.18 Å². The summed E-state index contributed by atoms with van der Waals surface area (Å²) in [5, 5.41) is 0. The molecule has 1 radical (unpaired) electrons. The zero-order chi connectivity index (χ0) is 10.2. The van der Waals surface area contributed by atoms with Gasteiger partial charge < -0.3 is 0 Å². The predicted molar refractivity (Wildman–Crippen MR) is 46.8 cm³/mol. The molecule has 0 heterocycles. The van der Waals surface area contributed by atoms with Gasteiger partial charge in [-0.05, 0) is 29.9 Å². The average molecular weight is 199 g/mol. The Kier molecular flexibility index (Phi) is 2.25. The molecular formula is C11H10F3. The van der Waals surface area contributed by atoms with E-state index in [1.54, 1.807) is 12.1 Å². The molecule has 1 aromatic carbocycles. The van der Waals surface area contributed by atoms with Crippen LogP contribution in [0.1, 0.15) is 24.3 Å². The van der Waals surface area contributed by atoms with Gasteiger partial charge in [-0.25, -0.2) is 0 Å². The van der Waals surface area contributed by atoms with Crippen molar-refractivity contribution in [2.75, 3.05) is 0 Å². The summed E-state index contributed by atoms with van der Waals surface area (Å²) < 4.78 is 36.1. The van der Waals surface area contributed by atoms with E-state index in [1.807, 2.05) is 12.1 Å². The van der Waals surface area contributed by atoms with Gasteiger partial charge in [0.05, 0.1) is 0 Å². The first-order valence-electron chi connectivity index (χ1n) is 4.59. The van der Waals surface area contributed by atoms with Crippen LogP contribution in [0.15, 0.2) is 24.3 Å². The molecule has 0 amide bonds. The van der Waals surface area contributed by atoms with Gasteiger partial charge in [0.2, 0.25) is 0 Å². The molecule has 1 aromatic rings. The van der Waals surface area contributed by atoms with E-state index in [0.29, 0.717) is 6.42 Å². The fraction of sp³-hybridized carbons (Fsp3) is 0.455. The van der Waals surface area contributed by atoms with Crippen molar-refractivity contribution in [1.29, 1.82) is 0 Å². The second-order valence-corrected chi connectivity index (χ2v) is 3.75. The molecular weight excluding hydrogens is 189 g/mol. The van der Waals surface area contributed by atoms with Crippen LogP contribution in [0.5, 0.6) is 0 Å². The maximum absolute atomic E-state index is 12.0. The SMILES string of the molecule is FC(F)(F)CC1CC1c1cc[c]cc1. The lowest BCUT2D eigenvalue weighted by atomic mass is 10.1. The molecule has 2 atom stereocenters. The molecule has 1 aliphatic rings. The molecule has 75 valence electrons. The third-order valence-electron chi connectivity index (χ3n) is 2.59. The number of halogens is 3. The van der Waals surface area contributed by atoms with E-state index < -0.39 is 12.6 Å². The lowest BCUT2D eigenvalue weighted by molar-refractivity contribution is -0.138. The molecule has 2 rings (SSSR count). The minimum Gasteiger partial charge on any atom is -0.171 e. The van der Waals surface area contributed by atoms with Gasteiger partial charge in [-0.15, -0.1) is 0 Å². The van der Waals surface area contributed by atoms with E-state index >= 15 is 0 Å². The van der Waals surface area contributed by atoms with Crippen LogP contribution >= 0.6 is 0 Å².